The first kappa shape index (κ1) is 13.6. The molecule has 0 unspecified atom stereocenters. The van der Waals surface area contributed by atoms with Crippen LogP contribution in [0.1, 0.15) is 31.2 Å². The number of amides is 1. The summed E-state index contributed by atoms with van der Waals surface area (Å²) in [5.41, 5.74) is 0.622. The molecule has 0 spiro atoms. The fourth-order valence-corrected chi connectivity index (χ4v) is 2.88. The molecule has 1 atom stereocenters. The Labute approximate surface area is 119 Å². The van der Waals surface area contributed by atoms with Crippen molar-refractivity contribution in [1.82, 2.24) is 10.2 Å². The Kier molecular flexibility index (Phi) is 4.01. The number of piperidine rings is 1. The van der Waals surface area contributed by atoms with E-state index >= 15 is 0 Å². The second-order valence-electron chi connectivity index (χ2n) is 5.83. The van der Waals surface area contributed by atoms with Crippen molar-refractivity contribution in [3.05, 3.63) is 35.6 Å². The van der Waals surface area contributed by atoms with Crippen molar-refractivity contribution in [3.8, 4) is 0 Å². The number of benzene rings is 1. The lowest BCUT2D eigenvalue weighted by Crippen LogP contribution is -2.43. The predicted molar refractivity (Wildman–Crippen MR) is 75.6 cm³/mol. The summed E-state index contributed by atoms with van der Waals surface area (Å²) in [6.07, 6.45) is 4.11. The van der Waals surface area contributed by atoms with Gasteiger partial charge < -0.3 is 10.2 Å². The fraction of sp³-hybridized carbons (Fsp3) is 0.562. The predicted octanol–water partition coefficient (Wildman–Crippen LogP) is 2.32. The summed E-state index contributed by atoms with van der Waals surface area (Å²) in [5.74, 6) is 0.0480. The highest BCUT2D eigenvalue weighted by atomic mass is 19.1. The van der Waals surface area contributed by atoms with Crippen LogP contribution in [0.15, 0.2) is 24.3 Å². The van der Waals surface area contributed by atoms with E-state index in [1.54, 1.807) is 12.1 Å². The van der Waals surface area contributed by atoms with Gasteiger partial charge in [0.2, 0.25) is 5.91 Å². The lowest BCUT2D eigenvalue weighted by molar-refractivity contribution is -0.137. The van der Waals surface area contributed by atoms with E-state index in [-0.39, 0.29) is 17.6 Å². The fourth-order valence-electron chi connectivity index (χ4n) is 2.88. The summed E-state index contributed by atoms with van der Waals surface area (Å²) in [6, 6.07) is 7.08. The van der Waals surface area contributed by atoms with E-state index in [2.05, 4.69) is 5.32 Å². The molecule has 4 heteroatoms. The van der Waals surface area contributed by atoms with E-state index in [0.717, 1.165) is 38.8 Å². The molecule has 1 aliphatic heterocycles. The van der Waals surface area contributed by atoms with Gasteiger partial charge in [0.1, 0.15) is 5.82 Å². The van der Waals surface area contributed by atoms with Gasteiger partial charge in [0, 0.05) is 24.7 Å². The lowest BCUT2D eigenvalue weighted by Gasteiger charge is -2.30. The molecule has 0 aromatic heterocycles. The summed E-state index contributed by atoms with van der Waals surface area (Å²) >= 11 is 0. The Morgan fingerprint density at radius 2 is 2.10 bits per heavy atom. The van der Waals surface area contributed by atoms with E-state index in [1.807, 2.05) is 11.0 Å². The molecule has 2 aliphatic rings. The number of carbonyl (C=O) groups is 1. The van der Waals surface area contributed by atoms with Gasteiger partial charge in [-0.25, -0.2) is 4.39 Å². The van der Waals surface area contributed by atoms with Crippen molar-refractivity contribution in [3.63, 3.8) is 0 Å². The summed E-state index contributed by atoms with van der Waals surface area (Å²) in [4.78, 5) is 14.6. The third kappa shape index (κ3) is 3.01. The van der Waals surface area contributed by atoms with Gasteiger partial charge in [0.05, 0.1) is 5.92 Å². The van der Waals surface area contributed by atoms with Gasteiger partial charge in [0.25, 0.3) is 0 Å². The van der Waals surface area contributed by atoms with Crippen LogP contribution in [0.2, 0.25) is 0 Å². The highest BCUT2D eigenvalue weighted by Crippen LogP contribution is 2.31. The first-order valence-electron chi connectivity index (χ1n) is 7.50. The quantitative estimate of drug-likeness (QED) is 0.915. The van der Waals surface area contributed by atoms with Gasteiger partial charge in [-0.3, -0.25) is 4.79 Å². The molecule has 0 radical (unpaired) electrons. The van der Waals surface area contributed by atoms with Crippen LogP contribution in [-0.2, 0) is 11.3 Å². The van der Waals surface area contributed by atoms with E-state index in [4.69, 9.17) is 0 Å². The Morgan fingerprint density at radius 3 is 2.75 bits per heavy atom. The summed E-state index contributed by atoms with van der Waals surface area (Å²) in [5, 5.41) is 3.28. The van der Waals surface area contributed by atoms with Crippen molar-refractivity contribution in [1.29, 1.82) is 0 Å². The molecule has 1 aromatic carbocycles. The molecular weight excluding hydrogens is 255 g/mol. The van der Waals surface area contributed by atoms with Crippen molar-refractivity contribution in [2.45, 2.75) is 38.3 Å². The SMILES string of the molecule is O=C([C@@H]1CCCNC1)N(Cc1ccccc1F)C1CC1. The summed E-state index contributed by atoms with van der Waals surface area (Å²) in [7, 11) is 0. The normalized spacial score (nSPS) is 22.6. The highest BCUT2D eigenvalue weighted by Gasteiger charge is 2.36. The van der Waals surface area contributed by atoms with E-state index in [9.17, 15) is 9.18 Å². The number of carbonyl (C=O) groups excluding carboxylic acids is 1. The van der Waals surface area contributed by atoms with Crippen LogP contribution in [0.5, 0.6) is 0 Å². The molecule has 2 fully saturated rings. The first-order valence-corrected chi connectivity index (χ1v) is 7.50. The average Bonchev–Trinajstić information content (AvgIpc) is 3.31. The number of nitrogens with one attached hydrogen (secondary N) is 1. The molecule has 1 aliphatic carbocycles. The van der Waals surface area contributed by atoms with Crippen LogP contribution in [0.3, 0.4) is 0 Å². The second-order valence-corrected chi connectivity index (χ2v) is 5.83. The number of hydrogen-bond acceptors (Lipinski definition) is 2. The Hall–Kier alpha value is -1.42. The molecule has 1 amide bonds. The molecule has 0 bridgehead atoms. The maximum Gasteiger partial charge on any atom is 0.227 e. The number of nitrogens with zero attached hydrogens (tertiary/aromatic N) is 1. The minimum Gasteiger partial charge on any atom is -0.335 e. The van der Waals surface area contributed by atoms with E-state index < -0.39 is 0 Å². The maximum absolute atomic E-state index is 13.8. The highest BCUT2D eigenvalue weighted by molar-refractivity contribution is 5.79. The van der Waals surface area contributed by atoms with Gasteiger partial charge in [-0.15, -0.1) is 0 Å². The van der Waals surface area contributed by atoms with Gasteiger partial charge in [-0.1, -0.05) is 18.2 Å². The monoisotopic (exact) mass is 276 g/mol. The molecule has 108 valence electrons. The Balaban J connectivity index is 1.72. The standard InChI is InChI=1S/C16H21FN2O/c17-15-6-2-1-4-13(15)11-19(14-7-8-14)16(20)12-5-3-9-18-10-12/h1-2,4,6,12,14,18H,3,5,7-11H2/t12-/m1/s1. The largest absolute Gasteiger partial charge is 0.335 e. The van der Waals surface area contributed by atoms with Gasteiger partial charge in [-0.05, 0) is 38.3 Å². The third-order valence-electron chi connectivity index (χ3n) is 4.22. The van der Waals surface area contributed by atoms with Crippen molar-refractivity contribution < 1.29 is 9.18 Å². The van der Waals surface area contributed by atoms with Crippen LogP contribution in [0.4, 0.5) is 4.39 Å². The minimum absolute atomic E-state index is 0.0659. The smallest absolute Gasteiger partial charge is 0.227 e. The molecule has 1 N–H and O–H groups in total. The topological polar surface area (TPSA) is 32.3 Å². The van der Waals surface area contributed by atoms with Crippen LogP contribution in [-0.4, -0.2) is 29.9 Å². The van der Waals surface area contributed by atoms with Crippen LogP contribution >= 0.6 is 0 Å². The van der Waals surface area contributed by atoms with Gasteiger partial charge in [-0.2, -0.15) is 0 Å². The third-order valence-corrected chi connectivity index (χ3v) is 4.22. The van der Waals surface area contributed by atoms with Crippen molar-refractivity contribution >= 4 is 5.91 Å². The zero-order valence-electron chi connectivity index (χ0n) is 11.6. The van der Waals surface area contributed by atoms with Crippen LogP contribution in [0, 0.1) is 11.7 Å². The van der Waals surface area contributed by atoms with Crippen LogP contribution < -0.4 is 5.32 Å². The maximum atomic E-state index is 13.8. The molecule has 3 rings (SSSR count). The zero-order valence-corrected chi connectivity index (χ0v) is 11.6. The number of rotatable bonds is 4. The van der Waals surface area contributed by atoms with Gasteiger partial charge in [0.15, 0.2) is 0 Å². The van der Waals surface area contributed by atoms with E-state index in [1.165, 1.54) is 6.07 Å². The molecular formula is C16H21FN2O. The van der Waals surface area contributed by atoms with Gasteiger partial charge >= 0.3 is 0 Å². The molecule has 20 heavy (non-hydrogen) atoms. The second kappa shape index (κ2) is 5.92. The Morgan fingerprint density at radius 1 is 1.30 bits per heavy atom. The van der Waals surface area contributed by atoms with E-state index in [0.29, 0.717) is 18.2 Å². The molecule has 1 saturated carbocycles. The Bertz CT molecular complexity index is 481. The lowest BCUT2D eigenvalue weighted by atomic mass is 9.97. The zero-order chi connectivity index (χ0) is 13.9. The minimum atomic E-state index is -0.215. The summed E-state index contributed by atoms with van der Waals surface area (Å²) < 4.78 is 13.8. The number of hydrogen-bond donors (Lipinski definition) is 1. The molecule has 1 saturated heterocycles. The summed E-state index contributed by atoms with van der Waals surface area (Å²) in [6.45, 7) is 2.17. The van der Waals surface area contributed by atoms with Crippen LogP contribution in [0.25, 0.3) is 0 Å². The van der Waals surface area contributed by atoms with Crippen molar-refractivity contribution in [2.75, 3.05) is 13.1 Å². The molecule has 1 heterocycles. The molecule has 3 nitrogen and oxygen atoms in total. The molecule has 1 aromatic rings. The first-order chi connectivity index (χ1) is 9.75. The average molecular weight is 276 g/mol. The van der Waals surface area contributed by atoms with Crippen molar-refractivity contribution in [2.24, 2.45) is 5.92 Å². The number of halogens is 1.